The molecule has 0 fully saturated rings. The van der Waals surface area contributed by atoms with Gasteiger partial charge < -0.3 is 9.67 Å². The van der Waals surface area contributed by atoms with Crippen molar-refractivity contribution in [2.24, 2.45) is 0 Å². The van der Waals surface area contributed by atoms with Gasteiger partial charge in [-0.2, -0.15) is 5.26 Å². The molecule has 0 bridgehead atoms. The molecule has 0 aliphatic carbocycles. The van der Waals surface area contributed by atoms with E-state index in [9.17, 15) is 14.3 Å². The van der Waals surface area contributed by atoms with Crippen molar-refractivity contribution in [2.45, 2.75) is 6.54 Å². The number of halogens is 1. The fraction of sp³-hybridized carbons (Fsp3) is 0.0435. The topological polar surface area (TPSA) is 66.0 Å². The molecule has 4 nitrogen and oxygen atoms in total. The number of carboxylic acids is 1. The van der Waals surface area contributed by atoms with E-state index in [1.54, 1.807) is 47.0 Å². The van der Waals surface area contributed by atoms with Crippen LogP contribution in [0.15, 0.2) is 61.7 Å². The molecule has 5 heteroatoms. The third-order valence-corrected chi connectivity index (χ3v) is 4.50. The van der Waals surface area contributed by atoms with Gasteiger partial charge in [-0.05, 0) is 41.5 Å². The highest BCUT2D eigenvalue weighted by molar-refractivity contribution is 5.98. The largest absolute Gasteiger partial charge is 0.477 e. The van der Waals surface area contributed by atoms with Crippen molar-refractivity contribution < 1.29 is 14.3 Å². The molecule has 0 saturated carbocycles. The van der Waals surface area contributed by atoms with Crippen LogP contribution in [0.2, 0.25) is 0 Å². The minimum absolute atomic E-state index is 0.0774. The maximum Gasteiger partial charge on any atom is 0.353 e. The summed E-state index contributed by atoms with van der Waals surface area (Å²) in [6, 6.07) is 14.8. The molecule has 1 aromatic heterocycles. The fourth-order valence-corrected chi connectivity index (χ4v) is 3.25. The van der Waals surface area contributed by atoms with E-state index in [2.05, 4.69) is 19.2 Å². The molecule has 1 heterocycles. The van der Waals surface area contributed by atoms with E-state index in [0.717, 1.165) is 11.1 Å². The summed E-state index contributed by atoms with van der Waals surface area (Å²) in [4.78, 5) is 12.1. The lowest BCUT2D eigenvalue weighted by atomic mass is 9.99. The van der Waals surface area contributed by atoms with Crippen molar-refractivity contribution in [3.05, 3.63) is 95.6 Å². The number of aromatic nitrogens is 1. The van der Waals surface area contributed by atoms with Crippen LogP contribution in [0.5, 0.6) is 0 Å². The van der Waals surface area contributed by atoms with Gasteiger partial charge in [0.25, 0.3) is 0 Å². The number of aromatic carboxylic acids is 1. The molecule has 0 atom stereocenters. The first-order chi connectivity index (χ1) is 13.5. The Morgan fingerprint density at radius 3 is 2.25 bits per heavy atom. The van der Waals surface area contributed by atoms with Gasteiger partial charge in [0.2, 0.25) is 0 Å². The summed E-state index contributed by atoms with van der Waals surface area (Å²) >= 11 is 0. The zero-order chi connectivity index (χ0) is 20.3. The SMILES string of the molecule is C=Cc1c(-c2ccc(C#N)cc2)c(C=C)n(Cc2ccc(F)cc2)c1C(=O)O. The van der Waals surface area contributed by atoms with E-state index >= 15 is 0 Å². The Hall–Kier alpha value is -3.91. The Labute approximate surface area is 162 Å². The van der Waals surface area contributed by atoms with Crippen molar-refractivity contribution in [1.82, 2.24) is 4.57 Å². The van der Waals surface area contributed by atoms with E-state index < -0.39 is 5.97 Å². The highest BCUT2D eigenvalue weighted by Gasteiger charge is 2.25. The van der Waals surface area contributed by atoms with Crippen LogP contribution in [0.1, 0.15) is 32.9 Å². The van der Waals surface area contributed by atoms with Gasteiger partial charge >= 0.3 is 5.97 Å². The monoisotopic (exact) mass is 372 g/mol. The molecule has 0 saturated heterocycles. The van der Waals surface area contributed by atoms with Gasteiger partial charge in [0.05, 0.1) is 11.6 Å². The molecule has 1 N–H and O–H groups in total. The minimum Gasteiger partial charge on any atom is -0.477 e. The Balaban J connectivity index is 2.26. The number of carboxylic acid groups (broad SMARTS) is 1. The molecular formula is C23H17FN2O2. The molecule has 3 aromatic rings. The average Bonchev–Trinajstić information content (AvgIpc) is 3.03. The van der Waals surface area contributed by atoms with Crippen LogP contribution in [0, 0.1) is 17.1 Å². The molecule has 28 heavy (non-hydrogen) atoms. The van der Waals surface area contributed by atoms with E-state index in [4.69, 9.17) is 5.26 Å². The first-order valence-corrected chi connectivity index (χ1v) is 8.49. The first kappa shape index (κ1) is 18.9. The molecule has 3 rings (SSSR count). The number of nitriles is 1. The number of hydrogen-bond acceptors (Lipinski definition) is 2. The number of rotatable bonds is 6. The van der Waals surface area contributed by atoms with Crippen molar-refractivity contribution >= 4 is 18.1 Å². The molecule has 0 amide bonds. The molecular weight excluding hydrogens is 355 g/mol. The van der Waals surface area contributed by atoms with Crippen LogP contribution < -0.4 is 0 Å². The first-order valence-electron chi connectivity index (χ1n) is 8.49. The Morgan fingerprint density at radius 1 is 1.11 bits per heavy atom. The summed E-state index contributed by atoms with van der Waals surface area (Å²) in [6.07, 6.45) is 3.10. The van der Waals surface area contributed by atoms with Gasteiger partial charge in [0.15, 0.2) is 0 Å². The minimum atomic E-state index is -1.10. The van der Waals surface area contributed by atoms with Crippen LogP contribution in [-0.4, -0.2) is 15.6 Å². The van der Waals surface area contributed by atoms with Gasteiger partial charge in [-0.15, -0.1) is 0 Å². The normalized spacial score (nSPS) is 10.3. The van der Waals surface area contributed by atoms with Gasteiger partial charge in [0, 0.05) is 23.4 Å². The lowest BCUT2D eigenvalue weighted by Crippen LogP contribution is -2.12. The quantitative estimate of drug-likeness (QED) is 0.647. The van der Waals surface area contributed by atoms with Crippen LogP contribution in [0.3, 0.4) is 0 Å². The number of nitrogens with zero attached hydrogens (tertiary/aromatic N) is 2. The standard InChI is InChI=1S/C23H17FN2O2/c1-3-19-21(17-9-5-15(13-25)6-10-17)20(4-2)26(22(19)23(27)28)14-16-7-11-18(24)12-8-16/h3-12H,1-2,14H2,(H,27,28). The Morgan fingerprint density at radius 2 is 1.75 bits per heavy atom. The summed E-state index contributed by atoms with van der Waals surface area (Å²) in [5.74, 6) is -1.45. The molecule has 0 radical (unpaired) electrons. The van der Waals surface area contributed by atoms with Gasteiger partial charge in [-0.1, -0.05) is 43.5 Å². The molecule has 0 aliphatic rings. The zero-order valence-corrected chi connectivity index (χ0v) is 15.0. The lowest BCUT2D eigenvalue weighted by molar-refractivity contribution is 0.0685. The van der Waals surface area contributed by atoms with Gasteiger partial charge in [-0.25, -0.2) is 9.18 Å². The van der Waals surface area contributed by atoms with E-state index in [1.807, 2.05) is 0 Å². The van der Waals surface area contributed by atoms with Crippen LogP contribution in [-0.2, 0) is 6.54 Å². The van der Waals surface area contributed by atoms with Gasteiger partial charge in [0.1, 0.15) is 11.5 Å². The molecule has 0 unspecified atom stereocenters. The second-order valence-electron chi connectivity index (χ2n) is 6.14. The molecule has 0 aliphatic heterocycles. The maximum atomic E-state index is 13.2. The summed E-state index contributed by atoms with van der Waals surface area (Å²) in [6.45, 7) is 7.88. The van der Waals surface area contributed by atoms with Crippen LogP contribution >= 0.6 is 0 Å². The van der Waals surface area contributed by atoms with Gasteiger partial charge in [-0.3, -0.25) is 0 Å². The second kappa shape index (κ2) is 7.77. The van der Waals surface area contributed by atoms with E-state index in [1.165, 1.54) is 18.2 Å². The summed E-state index contributed by atoms with van der Waals surface area (Å²) < 4.78 is 14.9. The second-order valence-corrected chi connectivity index (χ2v) is 6.14. The van der Waals surface area contributed by atoms with Crippen LogP contribution in [0.25, 0.3) is 23.3 Å². The molecule has 138 valence electrons. The fourth-order valence-electron chi connectivity index (χ4n) is 3.25. The molecule has 0 spiro atoms. The van der Waals surface area contributed by atoms with Crippen LogP contribution in [0.4, 0.5) is 4.39 Å². The summed E-state index contributed by atoms with van der Waals surface area (Å²) in [5.41, 5.74) is 3.85. The highest BCUT2D eigenvalue weighted by atomic mass is 19.1. The van der Waals surface area contributed by atoms with E-state index in [0.29, 0.717) is 22.4 Å². The predicted octanol–water partition coefficient (Wildman–Crippen LogP) is 5.20. The third kappa shape index (κ3) is 3.36. The average molecular weight is 372 g/mol. The summed E-state index contributed by atoms with van der Waals surface area (Å²) in [7, 11) is 0. The predicted molar refractivity (Wildman–Crippen MR) is 107 cm³/mol. The zero-order valence-electron chi connectivity index (χ0n) is 15.0. The maximum absolute atomic E-state index is 13.2. The number of benzene rings is 2. The highest BCUT2D eigenvalue weighted by Crippen LogP contribution is 2.35. The smallest absolute Gasteiger partial charge is 0.353 e. The Kier molecular flexibility index (Phi) is 5.23. The van der Waals surface area contributed by atoms with Crippen molar-refractivity contribution in [3.63, 3.8) is 0 Å². The summed E-state index contributed by atoms with van der Waals surface area (Å²) in [5, 5.41) is 18.9. The Bertz CT molecular complexity index is 1100. The number of hydrogen-bond donors (Lipinski definition) is 1. The van der Waals surface area contributed by atoms with E-state index in [-0.39, 0.29) is 18.1 Å². The van der Waals surface area contributed by atoms with Crippen molar-refractivity contribution in [1.29, 1.82) is 5.26 Å². The number of carbonyl (C=O) groups is 1. The molecule has 2 aromatic carbocycles. The van der Waals surface area contributed by atoms with Crippen molar-refractivity contribution in [3.8, 4) is 17.2 Å². The lowest BCUT2D eigenvalue weighted by Gasteiger charge is -2.11. The third-order valence-electron chi connectivity index (χ3n) is 4.50. The van der Waals surface area contributed by atoms with Crippen molar-refractivity contribution in [2.75, 3.05) is 0 Å².